The fourth-order valence-corrected chi connectivity index (χ4v) is 5.18. The number of rotatable bonds is 10. The Balaban J connectivity index is 1.47. The summed E-state index contributed by atoms with van der Waals surface area (Å²) >= 11 is 1.45. The van der Waals surface area contributed by atoms with Gasteiger partial charge in [-0.25, -0.2) is 0 Å². The molecule has 0 aliphatic carbocycles. The van der Waals surface area contributed by atoms with E-state index in [0.717, 1.165) is 42.8 Å². The fourth-order valence-electron chi connectivity index (χ4n) is 4.21. The topological polar surface area (TPSA) is 69.5 Å². The van der Waals surface area contributed by atoms with Gasteiger partial charge in [-0.3, -0.25) is 4.79 Å². The van der Waals surface area contributed by atoms with E-state index in [1.54, 1.807) is 7.11 Å². The number of aromatic nitrogens is 3. The number of likely N-dealkylation sites (tertiary alicyclic amines) is 1. The van der Waals surface area contributed by atoms with Crippen LogP contribution in [0.1, 0.15) is 32.5 Å². The van der Waals surface area contributed by atoms with Crippen molar-refractivity contribution >= 4 is 17.7 Å². The van der Waals surface area contributed by atoms with Crippen LogP contribution >= 0.6 is 11.8 Å². The molecule has 1 atom stereocenters. The number of ether oxygens (including phenoxy) is 2. The highest BCUT2D eigenvalue weighted by atomic mass is 32.2. The molecule has 1 amide bonds. The van der Waals surface area contributed by atoms with Crippen molar-refractivity contribution in [3.05, 3.63) is 60.4 Å². The molecule has 3 aromatic rings. The molecule has 7 nitrogen and oxygen atoms in total. The maximum absolute atomic E-state index is 13.0. The highest BCUT2D eigenvalue weighted by Gasteiger charge is 2.27. The largest absolute Gasteiger partial charge is 0.485 e. The standard InChI is InChI=1S/C27H34N4O3S/c1-20-13-15-30(16-14-20)26(32)21(2)35-27-29-28-25(31(27)17-18-33-3)19-34-24-12-8-7-11-23(24)22-9-5-4-6-10-22/h4-12,20-21H,13-19H2,1-3H3. The molecule has 2 heterocycles. The second-order valence-corrected chi connectivity index (χ2v) is 10.3. The van der Waals surface area contributed by atoms with E-state index < -0.39 is 0 Å². The normalized spacial score (nSPS) is 15.2. The smallest absolute Gasteiger partial charge is 0.235 e. The predicted octanol–water partition coefficient (Wildman–Crippen LogP) is 4.91. The number of amides is 1. The molecular formula is C27H34N4O3S. The van der Waals surface area contributed by atoms with Crippen LogP contribution in [0.25, 0.3) is 11.1 Å². The van der Waals surface area contributed by atoms with Crippen LogP contribution in [0.3, 0.4) is 0 Å². The summed E-state index contributed by atoms with van der Waals surface area (Å²) in [6.45, 7) is 7.25. The quantitative estimate of drug-likeness (QED) is 0.373. The van der Waals surface area contributed by atoms with E-state index in [4.69, 9.17) is 9.47 Å². The van der Waals surface area contributed by atoms with Crippen LogP contribution in [-0.2, 0) is 22.7 Å². The van der Waals surface area contributed by atoms with Gasteiger partial charge in [0.2, 0.25) is 5.91 Å². The Morgan fingerprint density at radius 3 is 2.54 bits per heavy atom. The number of nitrogens with zero attached hydrogens (tertiary/aromatic N) is 4. The molecule has 2 aromatic carbocycles. The molecular weight excluding hydrogens is 460 g/mol. The molecule has 35 heavy (non-hydrogen) atoms. The summed E-state index contributed by atoms with van der Waals surface area (Å²) in [4.78, 5) is 15.0. The van der Waals surface area contributed by atoms with Crippen LogP contribution < -0.4 is 4.74 Å². The summed E-state index contributed by atoms with van der Waals surface area (Å²) in [7, 11) is 1.67. The summed E-state index contributed by atoms with van der Waals surface area (Å²) in [5.74, 6) is 2.35. The number of benzene rings is 2. The molecule has 0 radical (unpaired) electrons. The zero-order chi connectivity index (χ0) is 24.6. The van der Waals surface area contributed by atoms with Crippen molar-refractivity contribution in [1.82, 2.24) is 19.7 Å². The third-order valence-electron chi connectivity index (χ3n) is 6.37. The molecule has 1 unspecified atom stereocenters. The Kier molecular flexibility index (Phi) is 8.82. The SMILES string of the molecule is COCCn1c(COc2ccccc2-c2ccccc2)nnc1SC(C)C(=O)N1CCC(C)CC1. The van der Waals surface area contributed by atoms with E-state index in [-0.39, 0.29) is 17.8 Å². The first-order valence-electron chi connectivity index (χ1n) is 12.2. The first-order valence-corrected chi connectivity index (χ1v) is 13.1. The van der Waals surface area contributed by atoms with Crippen LogP contribution in [-0.4, -0.2) is 57.6 Å². The lowest BCUT2D eigenvalue weighted by atomic mass is 9.99. The van der Waals surface area contributed by atoms with Gasteiger partial charge in [0.15, 0.2) is 11.0 Å². The minimum Gasteiger partial charge on any atom is -0.485 e. The number of carbonyl (C=O) groups is 1. The van der Waals surface area contributed by atoms with Gasteiger partial charge in [-0.2, -0.15) is 0 Å². The number of carbonyl (C=O) groups excluding carboxylic acids is 1. The van der Waals surface area contributed by atoms with Gasteiger partial charge in [-0.1, -0.05) is 67.2 Å². The van der Waals surface area contributed by atoms with Gasteiger partial charge < -0.3 is 18.9 Å². The van der Waals surface area contributed by atoms with Crippen molar-refractivity contribution in [2.75, 3.05) is 26.8 Å². The Labute approximate surface area is 211 Å². The molecule has 0 saturated carbocycles. The Bertz CT molecular complexity index is 1100. The zero-order valence-corrected chi connectivity index (χ0v) is 21.5. The van der Waals surface area contributed by atoms with Crippen LogP contribution in [0.5, 0.6) is 5.75 Å². The first-order chi connectivity index (χ1) is 17.1. The molecule has 0 spiro atoms. The van der Waals surface area contributed by atoms with E-state index in [1.165, 1.54) is 11.8 Å². The van der Waals surface area contributed by atoms with Gasteiger partial charge >= 0.3 is 0 Å². The lowest BCUT2D eigenvalue weighted by Gasteiger charge is -2.32. The van der Waals surface area contributed by atoms with E-state index >= 15 is 0 Å². The summed E-state index contributed by atoms with van der Waals surface area (Å²) in [6.07, 6.45) is 2.14. The molecule has 1 aliphatic rings. The number of hydrogen-bond donors (Lipinski definition) is 0. The maximum Gasteiger partial charge on any atom is 0.235 e. The third-order valence-corrected chi connectivity index (χ3v) is 7.43. The minimum atomic E-state index is -0.235. The van der Waals surface area contributed by atoms with Crippen LogP contribution in [0.15, 0.2) is 59.8 Å². The van der Waals surface area contributed by atoms with Gasteiger partial charge in [-0.05, 0) is 37.3 Å². The number of thioether (sulfide) groups is 1. The molecule has 0 N–H and O–H groups in total. The van der Waals surface area contributed by atoms with Gasteiger partial charge in [-0.15, -0.1) is 10.2 Å². The van der Waals surface area contributed by atoms with E-state index in [9.17, 15) is 4.79 Å². The first kappa shape index (κ1) is 25.3. The number of hydrogen-bond acceptors (Lipinski definition) is 6. The molecule has 4 rings (SSSR count). The second-order valence-electron chi connectivity index (χ2n) is 8.96. The van der Waals surface area contributed by atoms with Crippen molar-refractivity contribution < 1.29 is 14.3 Å². The number of methoxy groups -OCH3 is 1. The fraction of sp³-hybridized carbons (Fsp3) is 0.444. The summed E-state index contributed by atoms with van der Waals surface area (Å²) < 4.78 is 13.5. The Hall–Kier alpha value is -2.84. The molecule has 1 saturated heterocycles. The number of para-hydroxylation sites is 1. The van der Waals surface area contributed by atoms with E-state index in [0.29, 0.717) is 30.1 Å². The van der Waals surface area contributed by atoms with E-state index in [1.807, 2.05) is 52.8 Å². The zero-order valence-electron chi connectivity index (χ0n) is 20.7. The molecule has 1 aromatic heterocycles. The molecule has 1 aliphatic heterocycles. The predicted molar refractivity (Wildman–Crippen MR) is 138 cm³/mol. The summed E-state index contributed by atoms with van der Waals surface area (Å²) in [6, 6.07) is 18.2. The number of piperidine rings is 1. The van der Waals surface area contributed by atoms with Crippen molar-refractivity contribution in [2.24, 2.45) is 5.92 Å². The van der Waals surface area contributed by atoms with Gasteiger partial charge in [0.25, 0.3) is 0 Å². The van der Waals surface area contributed by atoms with Crippen molar-refractivity contribution in [1.29, 1.82) is 0 Å². The van der Waals surface area contributed by atoms with Crippen molar-refractivity contribution in [3.63, 3.8) is 0 Å². The van der Waals surface area contributed by atoms with Crippen molar-refractivity contribution in [3.8, 4) is 16.9 Å². The molecule has 8 heteroatoms. The second kappa shape index (κ2) is 12.2. The van der Waals surface area contributed by atoms with Gasteiger partial charge in [0.1, 0.15) is 12.4 Å². The minimum absolute atomic E-state index is 0.165. The van der Waals surface area contributed by atoms with Crippen LogP contribution in [0.4, 0.5) is 0 Å². The molecule has 1 fully saturated rings. The highest BCUT2D eigenvalue weighted by molar-refractivity contribution is 8.00. The van der Waals surface area contributed by atoms with Gasteiger partial charge in [0.05, 0.1) is 11.9 Å². The third kappa shape index (κ3) is 6.44. The highest BCUT2D eigenvalue weighted by Crippen LogP contribution is 2.31. The van der Waals surface area contributed by atoms with Crippen molar-refractivity contribution in [2.45, 2.75) is 50.2 Å². The molecule has 0 bridgehead atoms. The molecule has 186 valence electrons. The maximum atomic E-state index is 13.0. The van der Waals surface area contributed by atoms with E-state index in [2.05, 4.69) is 35.3 Å². The van der Waals surface area contributed by atoms with Gasteiger partial charge in [0, 0.05) is 32.3 Å². The van der Waals surface area contributed by atoms with Crippen LogP contribution in [0.2, 0.25) is 0 Å². The average Bonchev–Trinajstić information content (AvgIpc) is 3.27. The Morgan fingerprint density at radius 2 is 1.80 bits per heavy atom. The average molecular weight is 495 g/mol. The monoisotopic (exact) mass is 494 g/mol. The van der Waals surface area contributed by atoms with Crippen LogP contribution in [0, 0.1) is 5.92 Å². The lowest BCUT2D eigenvalue weighted by molar-refractivity contribution is -0.131. The summed E-state index contributed by atoms with van der Waals surface area (Å²) in [5, 5.41) is 9.30. The Morgan fingerprint density at radius 1 is 1.09 bits per heavy atom. The summed E-state index contributed by atoms with van der Waals surface area (Å²) in [5.41, 5.74) is 2.13. The lowest BCUT2D eigenvalue weighted by Crippen LogP contribution is -2.41.